The minimum Gasteiger partial charge on any atom is -0.309 e. The number of aromatic nitrogens is 1. The van der Waals surface area contributed by atoms with Crippen LogP contribution < -0.4 is 0 Å². The van der Waals surface area contributed by atoms with Crippen molar-refractivity contribution in [1.82, 2.24) is 4.57 Å². The molecule has 0 saturated heterocycles. The Hall–Kier alpha value is -5.66. The molecule has 1 heterocycles. The topological polar surface area (TPSA) is 4.93 Å². The van der Waals surface area contributed by atoms with E-state index in [1.807, 2.05) is 0 Å². The van der Waals surface area contributed by atoms with E-state index >= 15 is 0 Å². The van der Waals surface area contributed by atoms with Crippen LogP contribution in [0.5, 0.6) is 0 Å². The predicted octanol–water partition coefficient (Wildman–Crippen LogP) is 12.1. The number of para-hydroxylation sites is 1. The zero-order chi connectivity index (χ0) is 30.9. The molecule has 0 spiro atoms. The summed E-state index contributed by atoms with van der Waals surface area (Å²) in [6.45, 7) is 2.28. The lowest BCUT2D eigenvalue weighted by Crippen LogP contribution is -1.95. The van der Waals surface area contributed by atoms with E-state index in [0.29, 0.717) is 0 Å². The van der Waals surface area contributed by atoms with Crippen LogP contribution in [0.15, 0.2) is 164 Å². The minimum absolute atomic E-state index is 0.891. The lowest BCUT2D eigenvalue weighted by atomic mass is 9.97. The summed E-state index contributed by atoms with van der Waals surface area (Å²) in [6, 6.07) is 57.2. The fourth-order valence-electron chi connectivity index (χ4n) is 6.95. The Morgan fingerprint density at radius 1 is 0.522 bits per heavy atom. The summed E-state index contributed by atoms with van der Waals surface area (Å²) in [5, 5.41) is 5.22. The smallest absolute Gasteiger partial charge is 0.0544 e. The molecule has 8 aromatic rings. The van der Waals surface area contributed by atoms with Crippen LogP contribution >= 0.6 is 0 Å². The van der Waals surface area contributed by atoms with E-state index in [-0.39, 0.29) is 0 Å². The van der Waals surface area contributed by atoms with Crippen LogP contribution in [0.2, 0.25) is 0 Å². The van der Waals surface area contributed by atoms with Crippen LogP contribution in [-0.2, 0) is 12.8 Å². The van der Waals surface area contributed by atoms with Gasteiger partial charge in [-0.3, -0.25) is 0 Å². The lowest BCUT2D eigenvalue weighted by molar-refractivity contribution is 1.14. The molecule has 0 aliphatic rings. The average Bonchev–Trinajstić information content (AvgIpc) is 3.46. The maximum absolute atomic E-state index is 2.42. The summed E-state index contributed by atoms with van der Waals surface area (Å²) in [5.74, 6) is 0. The van der Waals surface area contributed by atoms with E-state index in [0.717, 1.165) is 12.8 Å². The van der Waals surface area contributed by atoms with Crippen LogP contribution in [0.1, 0.15) is 23.6 Å². The summed E-state index contributed by atoms with van der Waals surface area (Å²) in [4.78, 5) is 0. The molecule has 0 atom stereocenters. The molecule has 0 amide bonds. The Balaban J connectivity index is 1.13. The van der Waals surface area contributed by atoms with Gasteiger partial charge in [-0.25, -0.2) is 0 Å². The highest BCUT2D eigenvalue weighted by Crippen LogP contribution is 2.37. The number of benzene rings is 7. The lowest BCUT2D eigenvalue weighted by Gasteiger charge is -2.11. The van der Waals surface area contributed by atoms with E-state index in [9.17, 15) is 0 Å². The summed E-state index contributed by atoms with van der Waals surface area (Å²) in [7, 11) is 0. The van der Waals surface area contributed by atoms with Crippen LogP contribution in [0.4, 0.5) is 0 Å². The summed E-state index contributed by atoms with van der Waals surface area (Å²) in [6.07, 6.45) is 6.51. The zero-order valence-electron chi connectivity index (χ0n) is 26.0. The standard InChI is InChI=1S/C45H35N/c1-2-41-37(17-11-12-32-20-21-36-22-23-38(31-39(36)30-32)34-15-7-4-8-16-34)26-29-44-45(41)42-18-9-10-19-43(42)46(44)40-27-24-35(25-28-40)33-13-5-3-6-14-33/h3-11,13-31H,2,12H2,1H3/b17-11-. The van der Waals surface area contributed by atoms with Crippen molar-refractivity contribution in [1.29, 1.82) is 0 Å². The van der Waals surface area contributed by atoms with Gasteiger partial charge in [-0.05, 0) is 92.9 Å². The Labute approximate surface area is 270 Å². The molecule has 46 heavy (non-hydrogen) atoms. The summed E-state index contributed by atoms with van der Waals surface area (Å²) < 4.78 is 2.42. The van der Waals surface area contributed by atoms with E-state index in [4.69, 9.17) is 0 Å². The molecule has 1 aromatic heterocycles. The average molecular weight is 590 g/mol. The van der Waals surface area contributed by atoms with E-state index in [2.05, 4.69) is 181 Å². The SMILES string of the molecule is CCc1c(/C=C\Cc2ccc3ccc(-c4ccccc4)cc3c2)ccc2c1c1ccccc1n2-c1ccc(-c2ccccc2)cc1. The molecule has 0 fully saturated rings. The first-order chi connectivity index (χ1) is 22.8. The number of rotatable bonds is 7. The first kappa shape index (κ1) is 27.9. The van der Waals surface area contributed by atoms with E-state index in [1.165, 1.54) is 77.2 Å². The van der Waals surface area contributed by atoms with Gasteiger partial charge in [0.2, 0.25) is 0 Å². The number of fused-ring (bicyclic) bond motifs is 4. The molecule has 8 rings (SSSR count). The maximum atomic E-state index is 2.42. The number of hydrogen-bond acceptors (Lipinski definition) is 0. The predicted molar refractivity (Wildman–Crippen MR) is 198 cm³/mol. The van der Waals surface area contributed by atoms with Gasteiger partial charge >= 0.3 is 0 Å². The van der Waals surface area contributed by atoms with Gasteiger partial charge in [-0.1, -0.05) is 146 Å². The van der Waals surface area contributed by atoms with Crippen molar-refractivity contribution >= 4 is 38.7 Å². The third-order valence-corrected chi connectivity index (χ3v) is 9.23. The second kappa shape index (κ2) is 12.0. The number of aryl methyl sites for hydroxylation is 1. The van der Waals surface area contributed by atoms with Gasteiger partial charge in [0.15, 0.2) is 0 Å². The molecular formula is C45H35N. The molecule has 0 unspecified atom stereocenters. The van der Waals surface area contributed by atoms with Crippen molar-refractivity contribution in [3.05, 3.63) is 180 Å². The normalized spacial score (nSPS) is 11.7. The van der Waals surface area contributed by atoms with E-state index < -0.39 is 0 Å². The molecular weight excluding hydrogens is 555 g/mol. The van der Waals surface area contributed by atoms with Gasteiger partial charge in [-0.15, -0.1) is 0 Å². The van der Waals surface area contributed by atoms with Crippen molar-refractivity contribution in [2.75, 3.05) is 0 Å². The molecule has 0 aliphatic heterocycles. The number of hydrogen-bond donors (Lipinski definition) is 0. The molecule has 220 valence electrons. The molecule has 1 heteroatoms. The molecule has 0 saturated carbocycles. The molecule has 0 N–H and O–H groups in total. The Bertz CT molecular complexity index is 2340. The summed E-state index contributed by atoms with van der Waals surface area (Å²) >= 11 is 0. The molecule has 0 radical (unpaired) electrons. The van der Waals surface area contributed by atoms with Gasteiger partial charge in [-0.2, -0.15) is 0 Å². The second-order valence-corrected chi connectivity index (χ2v) is 12.0. The highest BCUT2D eigenvalue weighted by molar-refractivity contribution is 6.11. The third-order valence-electron chi connectivity index (χ3n) is 9.23. The quantitative estimate of drug-likeness (QED) is 0.174. The first-order valence-electron chi connectivity index (χ1n) is 16.2. The highest BCUT2D eigenvalue weighted by Gasteiger charge is 2.16. The van der Waals surface area contributed by atoms with Crippen molar-refractivity contribution in [3.8, 4) is 27.9 Å². The molecule has 0 bridgehead atoms. The number of allylic oxidation sites excluding steroid dienone is 1. The van der Waals surface area contributed by atoms with E-state index in [1.54, 1.807) is 0 Å². The van der Waals surface area contributed by atoms with Gasteiger partial charge < -0.3 is 4.57 Å². The molecule has 1 nitrogen and oxygen atoms in total. The third kappa shape index (κ3) is 5.10. The van der Waals surface area contributed by atoms with Gasteiger partial charge in [0.1, 0.15) is 0 Å². The number of nitrogens with zero attached hydrogens (tertiary/aromatic N) is 1. The maximum Gasteiger partial charge on any atom is 0.0544 e. The van der Waals surface area contributed by atoms with Crippen LogP contribution in [0.25, 0.3) is 66.6 Å². The fraction of sp³-hybridized carbons (Fsp3) is 0.0667. The van der Waals surface area contributed by atoms with Crippen LogP contribution in [-0.4, -0.2) is 4.57 Å². The van der Waals surface area contributed by atoms with Gasteiger partial charge in [0.25, 0.3) is 0 Å². The zero-order valence-corrected chi connectivity index (χ0v) is 26.0. The van der Waals surface area contributed by atoms with Gasteiger partial charge in [0.05, 0.1) is 11.0 Å². The summed E-state index contributed by atoms with van der Waals surface area (Å²) in [5.41, 5.74) is 12.7. The largest absolute Gasteiger partial charge is 0.309 e. The molecule has 0 aliphatic carbocycles. The fourth-order valence-corrected chi connectivity index (χ4v) is 6.95. The van der Waals surface area contributed by atoms with Crippen molar-refractivity contribution in [2.45, 2.75) is 19.8 Å². The second-order valence-electron chi connectivity index (χ2n) is 12.0. The minimum atomic E-state index is 0.891. The Kier molecular flexibility index (Phi) is 7.28. The molecule has 7 aromatic carbocycles. The van der Waals surface area contributed by atoms with Crippen molar-refractivity contribution in [3.63, 3.8) is 0 Å². The Morgan fingerprint density at radius 3 is 1.93 bits per heavy atom. The van der Waals surface area contributed by atoms with Gasteiger partial charge in [0, 0.05) is 16.5 Å². The van der Waals surface area contributed by atoms with Crippen LogP contribution in [0.3, 0.4) is 0 Å². The first-order valence-corrected chi connectivity index (χ1v) is 16.2. The monoisotopic (exact) mass is 589 g/mol. The van der Waals surface area contributed by atoms with Crippen LogP contribution in [0, 0.1) is 0 Å². The highest BCUT2D eigenvalue weighted by atomic mass is 15.0. The van der Waals surface area contributed by atoms with Crippen molar-refractivity contribution < 1.29 is 0 Å². The van der Waals surface area contributed by atoms with Crippen molar-refractivity contribution in [2.24, 2.45) is 0 Å². The Morgan fingerprint density at radius 2 is 1.17 bits per heavy atom.